The van der Waals surface area contributed by atoms with Crippen molar-refractivity contribution < 1.29 is 14.3 Å². The van der Waals surface area contributed by atoms with Crippen LogP contribution in [0.25, 0.3) is 21.6 Å². The van der Waals surface area contributed by atoms with Gasteiger partial charge >= 0.3 is 0 Å². The number of fused-ring (bicyclic) bond motifs is 3. The van der Waals surface area contributed by atoms with Gasteiger partial charge in [0.1, 0.15) is 15.6 Å². The lowest BCUT2D eigenvalue weighted by Crippen LogP contribution is -2.31. The van der Waals surface area contributed by atoms with Crippen LogP contribution in [0.2, 0.25) is 0 Å². The summed E-state index contributed by atoms with van der Waals surface area (Å²) in [5.74, 6) is 1.30. The Morgan fingerprint density at radius 1 is 1.29 bits per heavy atom. The number of carbonyl (C=O) groups excluding carboxylic acids is 1. The van der Waals surface area contributed by atoms with Gasteiger partial charge in [-0.1, -0.05) is 25.1 Å². The highest BCUT2D eigenvalue weighted by Crippen LogP contribution is 2.42. The Labute approximate surface area is 190 Å². The maximum absolute atomic E-state index is 11.5. The number of primary amides is 1. The molecule has 0 saturated carbocycles. The molecule has 0 saturated heterocycles. The van der Waals surface area contributed by atoms with Gasteiger partial charge in [-0.05, 0) is 50.1 Å². The fourth-order valence-electron chi connectivity index (χ4n) is 3.52. The van der Waals surface area contributed by atoms with Gasteiger partial charge in [0.2, 0.25) is 5.91 Å². The molecule has 2 N–H and O–H groups in total. The maximum atomic E-state index is 11.5. The number of nitrogens with two attached hydrogens (primary N) is 1. The molecule has 2 aromatic heterocycles. The van der Waals surface area contributed by atoms with Gasteiger partial charge < -0.3 is 15.2 Å². The molecular weight excluding hydrogens is 430 g/mol. The largest absolute Gasteiger partial charge is 0.494 e. The Morgan fingerprint density at radius 3 is 2.77 bits per heavy atom. The Morgan fingerprint density at radius 2 is 2.06 bits per heavy atom. The molecule has 164 valence electrons. The topological polar surface area (TPSA) is 87.3 Å². The van der Waals surface area contributed by atoms with Crippen LogP contribution in [0.15, 0.2) is 29.3 Å². The fourth-order valence-corrected chi connectivity index (χ4v) is 5.48. The first-order valence-electron chi connectivity index (χ1n) is 10.5. The lowest BCUT2D eigenvalue weighted by atomic mass is 9.94. The molecule has 1 aliphatic heterocycles. The molecule has 0 unspecified atom stereocenters. The Kier molecular flexibility index (Phi) is 6.50. The van der Waals surface area contributed by atoms with E-state index in [0.29, 0.717) is 19.0 Å². The summed E-state index contributed by atoms with van der Waals surface area (Å²) in [4.78, 5) is 23.3. The predicted molar refractivity (Wildman–Crippen MR) is 126 cm³/mol. The molecule has 1 aliphatic rings. The third-order valence-electron chi connectivity index (χ3n) is 5.13. The van der Waals surface area contributed by atoms with E-state index in [1.165, 1.54) is 22.2 Å². The minimum atomic E-state index is -0.361. The average molecular weight is 458 g/mol. The van der Waals surface area contributed by atoms with Gasteiger partial charge in [0.05, 0.1) is 24.6 Å². The number of thiophene rings is 1. The van der Waals surface area contributed by atoms with Crippen LogP contribution in [0.3, 0.4) is 0 Å². The summed E-state index contributed by atoms with van der Waals surface area (Å²) >= 11 is 3.02. The number of ether oxygens (including phenoxy) is 2. The minimum absolute atomic E-state index is 0.181. The second kappa shape index (κ2) is 9.14. The number of aromatic nitrogens is 2. The fraction of sp³-hybridized carbons (Fsp3) is 0.435. The molecule has 0 spiro atoms. The van der Waals surface area contributed by atoms with Gasteiger partial charge in [0, 0.05) is 22.2 Å². The normalized spacial score (nSPS) is 15.1. The zero-order chi connectivity index (χ0) is 22.0. The second-order valence-corrected chi connectivity index (χ2v) is 10.3. The quantitative estimate of drug-likeness (QED) is 0.292. The number of amides is 1. The number of rotatable bonds is 8. The molecule has 6 nitrogen and oxygen atoms in total. The first kappa shape index (κ1) is 22.0. The number of nitrogens with zero attached hydrogens (tertiary/aromatic N) is 2. The van der Waals surface area contributed by atoms with Crippen molar-refractivity contribution in [3.63, 3.8) is 0 Å². The zero-order valence-electron chi connectivity index (χ0n) is 18.1. The van der Waals surface area contributed by atoms with Gasteiger partial charge in [-0.3, -0.25) is 4.79 Å². The number of hydrogen-bond donors (Lipinski definition) is 1. The lowest BCUT2D eigenvalue weighted by Gasteiger charge is -2.30. The van der Waals surface area contributed by atoms with E-state index < -0.39 is 0 Å². The Bertz CT molecular complexity index is 1090. The van der Waals surface area contributed by atoms with Crippen LogP contribution < -0.4 is 10.5 Å². The van der Waals surface area contributed by atoms with Crippen LogP contribution in [0.5, 0.6) is 5.75 Å². The van der Waals surface area contributed by atoms with Crippen molar-refractivity contribution in [1.29, 1.82) is 0 Å². The van der Waals surface area contributed by atoms with Crippen molar-refractivity contribution in [3.8, 4) is 17.1 Å². The van der Waals surface area contributed by atoms with Crippen molar-refractivity contribution in [3.05, 3.63) is 34.7 Å². The number of thioether (sulfide) groups is 1. The number of benzene rings is 1. The molecule has 0 fully saturated rings. The van der Waals surface area contributed by atoms with E-state index in [-0.39, 0.29) is 17.3 Å². The number of unbranched alkanes of at least 4 members (excludes halogenated alkanes) is 1. The second-order valence-electron chi connectivity index (χ2n) is 8.24. The van der Waals surface area contributed by atoms with E-state index in [9.17, 15) is 4.79 Å². The van der Waals surface area contributed by atoms with Crippen molar-refractivity contribution in [1.82, 2.24) is 9.97 Å². The molecule has 0 radical (unpaired) electrons. The number of carbonyl (C=O) groups is 1. The molecule has 3 aromatic rings. The Hall–Kier alpha value is -2.16. The van der Waals surface area contributed by atoms with Gasteiger partial charge in [0.25, 0.3) is 0 Å². The SMILES string of the molecule is CCCCOc1ccc(-c2nc(SCC(N)=O)c3c4c(sc3n2)COC(C)(C)C4)cc1. The van der Waals surface area contributed by atoms with Crippen LogP contribution >= 0.6 is 23.1 Å². The third kappa shape index (κ3) is 5.02. The highest BCUT2D eigenvalue weighted by atomic mass is 32.2. The summed E-state index contributed by atoms with van der Waals surface area (Å²) in [5.41, 5.74) is 7.33. The van der Waals surface area contributed by atoms with Gasteiger partial charge in [-0.15, -0.1) is 11.3 Å². The van der Waals surface area contributed by atoms with Crippen molar-refractivity contribution >= 4 is 39.2 Å². The van der Waals surface area contributed by atoms with Gasteiger partial charge in [-0.2, -0.15) is 0 Å². The molecular formula is C23H27N3O3S2. The summed E-state index contributed by atoms with van der Waals surface area (Å²) in [7, 11) is 0. The zero-order valence-corrected chi connectivity index (χ0v) is 19.7. The van der Waals surface area contributed by atoms with Crippen molar-refractivity contribution in [2.75, 3.05) is 12.4 Å². The molecule has 4 rings (SSSR count). The first-order chi connectivity index (χ1) is 14.9. The summed E-state index contributed by atoms with van der Waals surface area (Å²) in [6.45, 7) is 7.61. The summed E-state index contributed by atoms with van der Waals surface area (Å²) in [6, 6.07) is 7.85. The highest BCUT2D eigenvalue weighted by Gasteiger charge is 2.31. The van der Waals surface area contributed by atoms with Crippen LogP contribution in [0.4, 0.5) is 0 Å². The summed E-state index contributed by atoms with van der Waals surface area (Å²) < 4.78 is 11.8. The van der Waals surface area contributed by atoms with Crippen LogP contribution in [-0.2, 0) is 22.6 Å². The van der Waals surface area contributed by atoms with E-state index in [2.05, 4.69) is 20.8 Å². The first-order valence-corrected chi connectivity index (χ1v) is 12.3. The lowest BCUT2D eigenvalue weighted by molar-refractivity contribution is -0.115. The molecule has 0 atom stereocenters. The maximum Gasteiger partial charge on any atom is 0.227 e. The number of hydrogen-bond acceptors (Lipinski definition) is 7. The highest BCUT2D eigenvalue weighted by molar-refractivity contribution is 8.00. The standard InChI is InChI=1S/C23H27N3O3S2/c1-4-5-10-28-15-8-6-14(7-9-15)20-25-21(30-13-18(24)27)19-16-11-23(2,3)29-12-17(16)31-22(19)26-20/h6-9H,4-5,10-13H2,1-3H3,(H2,24,27). The predicted octanol–water partition coefficient (Wildman–Crippen LogP) is 4.97. The van der Waals surface area contributed by atoms with E-state index in [4.69, 9.17) is 25.2 Å². The molecule has 0 bridgehead atoms. The van der Waals surface area contributed by atoms with E-state index in [1.807, 2.05) is 24.3 Å². The summed E-state index contributed by atoms with van der Waals surface area (Å²) in [5, 5.41) is 1.84. The van der Waals surface area contributed by atoms with E-state index in [0.717, 1.165) is 45.8 Å². The molecule has 0 aliphatic carbocycles. The molecule has 3 heterocycles. The van der Waals surface area contributed by atoms with Crippen molar-refractivity contribution in [2.24, 2.45) is 5.73 Å². The molecule has 1 amide bonds. The average Bonchev–Trinajstić information content (AvgIpc) is 3.09. The molecule has 31 heavy (non-hydrogen) atoms. The van der Waals surface area contributed by atoms with E-state index in [1.54, 1.807) is 11.3 Å². The van der Waals surface area contributed by atoms with Crippen molar-refractivity contribution in [2.45, 2.75) is 57.3 Å². The van der Waals surface area contributed by atoms with Crippen LogP contribution in [-0.4, -0.2) is 33.8 Å². The van der Waals surface area contributed by atoms with E-state index >= 15 is 0 Å². The van der Waals surface area contributed by atoms with Gasteiger partial charge in [0.15, 0.2) is 5.82 Å². The smallest absolute Gasteiger partial charge is 0.227 e. The van der Waals surface area contributed by atoms with Gasteiger partial charge in [-0.25, -0.2) is 9.97 Å². The third-order valence-corrected chi connectivity index (χ3v) is 7.22. The monoisotopic (exact) mass is 457 g/mol. The molecule has 1 aromatic carbocycles. The summed E-state index contributed by atoms with van der Waals surface area (Å²) in [6.07, 6.45) is 2.93. The molecule has 8 heteroatoms. The van der Waals surface area contributed by atoms with Crippen LogP contribution in [0, 0.1) is 0 Å². The Balaban J connectivity index is 1.72. The minimum Gasteiger partial charge on any atom is -0.494 e. The van der Waals surface area contributed by atoms with Crippen LogP contribution in [0.1, 0.15) is 44.1 Å².